The summed E-state index contributed by atoms with van der Waals surface area (Å²) in [5.41, 5.74) is 3.68. The summed E-state index contributed by atoms with van der Waals surface area (Å²) < 4.78 is 34.6. The first-order valence-corrected chi connectivity index (χ1v) is 7.26. The van der Waals surface area contributed by atoms with Crippen LogP contribution in [-0.4, -0.2) is 6.54 Å². The molecule has 0 fully saturated rings. The molecule has 3 N–H and O–H groups in total. The summed E-state index contributed by atoms with van der Waals surface area (Å²) in [7, 11) is 0. The number of unbranched alkanes of at least 4 members (excludes halogenated alkanes) is 1. The van der Waals surface area contributed by atoms with E-state index in [1.54, 1.807) is 0 Å². The first-order chi connectivity index (χ1) is 4.41. The minimum absolute atomic E-state index is 1.09. The summed E-state index contributed by atoms with van der Waals surface area (Å²) in [5.74, 6) is 0. The van der Waals surface area contributed by atoms with E-state index in [0.29, 0.717) is 0 Å². The van der Waals surface area contributed by atoms with Crippen LogP contribution in [-0.2, 0) is 26.2 Å². The second-order valence-electron chi connectivity index (χ2n) is 1.59. The van der Waals surface area contributed by atoms with Crippen LogP contribution in [0.2, 0.25) is 0 Å². The van der Waals surface area contributed by atoms with Crippen molar-refractivity contribution in [1.82, 2.24) is 0 Å². The molecule has 0 aliphatic heterocycles. The predicted molar refractivity (Wildman–Crippen MR) is 24.7 cm³/mol. The molecule has 0 aromatic heterocycles. The normalized spacial score (nSPS) is 9.90. The van der Waals surface area contributed by atoms with Gasteiger partial charge >= 0.3 is 30.0 Å². The van der Waals surface area contributed by atoms with Crippen LogP contribution < -0.4 is 9.56 Å². The maximum absolute atomic E-state index is 8.64. The Hall–Kier alpha value is -0.0177. The van der Waals surface area contributed by atoms with E-state index in [4.69, 9.17) is 14.2 Å². The van der Waals surface area contributed by atoms with E-state index in [1.807, 2.05) is 0 Å². The molecule has 0 heterocycles. The summed E-state index contributed by atoms with van der Waals surface area (Å²) in [4.78, 5) is 0. The van der Waals surface area contributed by atoms with Gasteiger partial charge in [0.25, 0.3) is 0 Å². The molecular weight excluding hydrogens is 312 g/mol. The molecule has 0 saturated carbocycles. The van der Waals surface area contributed by atoms with Gasteiger partial charge in [-0.05, 0) is 6.42 Å². The van der Waals surface area contributed by atoms with Crippen molar-refractivity contribution in [1.29, 1.82) is 0 Å². The quantitative estimate of drug-likeness (QED) is 0.666. The molecule has 0 aliphatic rings. The maximum atomic E-state index is 8.64. The van der Waals surface area contributed by atoms with Gasteiger partial charge in [0.05, 0.1) is 6.54 Å². The van der Waals surface area contributed by atoms with Gasteiger partial charge in [-0.25, -0.2) is 0 Å². The molecule has 0 spiro atoms. The van der Waals surface area contributed by atoms with Gasteiger partial charge < -0.3 is 5.73 Å². The van der Waals surface area contributed by atoms with Crippen molar-refractivity contribution in [3.63, 3.8) is 0 Å². The number of rotatable bonds is 2. The summed E-state index contributed by atoms with van der Waals surface area (Å²) in [6, 6.07) is 0. The summed E-state index contributed by atoms with van der Waals surface area (Å²) in [6.07, 6.45) is 2.56. The molecule has 0 aromatic rings. The van der Waals surface area contributed by atoms with Gasteiger partial charge in [0.15, 0.2) is 0 Å². The van der Waals surface area contributed by atoms with Gasteiger partial charge in [-0.3, -0.25) is 0 Å². The molecule has 64 valence electrons. The van der Waals surface area contributed by atoms with Gasteiger partial charge in [-0.1, -0.05) is 13.3 Å². The Labute approximate surface area is 62.6 Å². The zero-order valence-electron chi connectivity index (χ0n) is 5.84. The van der Waals surface area contributed by atoms with Crippen LogP contribution in [0.4, 0.5) is 0 Å². The average Bonchev–Trinajstić information content (AvgIpc) is 1.63. The van der Waals surface area contributed by atoms with E-state index >= 15 is 0 Å². The molecule has 0 saturated heterocycles. The van der Waals surface area contributed by atoms with Crippen LogP contribution in [0.15, 0.2) is 0 Å². The van der Waals surface area contributed by atoms with E-state index in [-0.39, 0.29) is 0 Å². The Morgan fingerprint density at radius 1 is 1.40 bits per heavy atom. The summed E-state index contributed by atoms with van der Waals surface area (Å²) in [5, 5.41) is 0. The Balaban J connectivity index is 0. The van der Waals surface area contributed by atoms with Gasteiger partial charge in [0, 0.05) is 0 Å². The van der Waals surface area contributed by atoms with Crippen molar-refractivity contribution in [2.24, 2.45) is 0 Å². The van der Waals surface area contributed by atoms with Crippen LogP contribution in [0, 0.1) is 0 Å². The van der Waals surface area contributed by atoms with E-state index < -0.39 is 15.8 Å². The molecule has 10 heavy (non-hydrogen) atoms. The first-order valence-electron chi connectivity index (χ1n) is 2.82. The Bertz CT molecular complexity index is 172. The first kappa shape index (κ1) is 12.6. The molecule has 0 atom stereocenters. The monoisotopic (exact) mass is 325 g/mol. The fourth-order valence-corrected chi connectivity index (χ4v) is 0.250. The van der Waals surface area contributed by atoms with Crippen LogP contribution in [0.25, 0.3) is 0 Å². The molecular formula is C4H12NO4Re. The molecule has 6 heteroatoms. The molecule has 0 aliphatic carbocycles. The zero-order chi connectivity index (χ0) is 8.62. The Morgan fingerprint density at radius 3 is 1.70 bits per heavy atom. The molecule has 0 amide bonds. The van der Waals surface area contributed by atoms with E-state index in [2.05, 4.69) is 12.7 Å². The molecule has 0 radical (unpaired) electrons. The summed E-state index contributed by atoms with van der Waals surface area (Å²) >= 11 is -6.11. The molecule has 0 bridgehead atoms. The van der Waals surface area contributed by atoms with Crippen LogP contribution in [0.5, 0.6) is 0 Å². The van der Waals surface area contributed by atoms with Crippen molar-refractivity contribution in [2.75, 3.05) is 6.54 Å². The van der Waals surface area contributed by atoms with Crippen molar-refractivity contribution >= 4 is 0 Å². The fourth-order valence-electron chi connectivity index (χ4n) is 0.250. The molecule has 0 rings (SSSR count). The number of hydrogen-bond donors (Lipinski definition) is 1. The van der Waals surface area contributed by atoms with Crippen LogP contribution in [0.3, 0.4) is 0 Å². The molecule has 5 nitrogen and oxygen atoms in total. The van der Waals surface area contributed by atoms with Crippen molar-refractivity contribution in [3.8, 4) is 0 Å². The van der Waals surface area contributed by atoms with E-state index in [9.17, 15) is 0 Å². The SMILES string of the molecule is CCCC[NH3+].[O]=[Re](=[O])(=[O])[O-]. The predicted octanol–water partition coefficient (Wildman–Crippen LogP) is -1.52. The summed E-state index contributed by atoms with van der Waals surface area (Å²) in [6.45, 7) is 3.27. The number of hydrogen-bond acceptors (Lipinski definition) is 4. The van der Waals surface area contributed by atoms with Crippen molar-refractivity contribution < 1.29 is 35.8 Å². The average molecular weight is 324 g/mol. The van der Waals surface area contributed by atoms with Crippen LogP contribution >= 0.6 is 0 Å². The third kappa shape index (κ3) is 99.0. The Morgan fingerprint density at radius 2 is 1.70 bits per heavy atom. The molecule has 0 aromatic carbocycles. The number of quaternary nitrogens is 1. The standard InChI is InChI=1S/C4H11N.4O.Re/c1-2-3-4-5;;;;;/h2-5H2,1H3;;;;;/q;;;;-1;/p+1. The fraction of sp³-hybridized carbons (Fsp3) is 1.00. The topological polar surface area (TPSA) is 102 Å². The van der Waals surface area contributed by atoms with Gasteiger partial charge in [-0.15, -0.1) is 0 Å². The van der Waals surface area contributed by atoms with Gasteiger partial charge in [0.1, 0.15) is 0 Å². The van der Waals surface area contributed by atoms with Crippen LogP contribution in [0.1, 0.15) is 19.8 Å². The minimum atomic E-state index is -6.11. The second-order valence-corrected chi connectivity index (χ2v) is 4.30. The van der Waals surface area contributed by atoms with Crippen molar-refractivity contribution in [2.45, 2.75) is 19.8 Å². The van der Waals surface area contributed by atoms with Gasteiger partial charge in [0.2, 0.25) is 0 Å². The second kappa shape index (κ2) is 7.09. The van der Waals surface area contributed by atoms with Gasteiger partial charge in [-0.2, -0.15) is 0 Å². The Kier molecular flexibility index (Phi) is 8.97. The van der Waals surface area contributed by atoms with E-state index in [0.717, 1.165) is 6.54 Å². The third-order valence-electron chi connectivity index (χ3n) is 0.604. The third-order valence-corrected chi connectivity index (χ3v) is 0.604. The zero-order valence-corrected chi connectivity index (χ0v) is 8.56. The van der Waals surface area contributed by atoms with E-state index in [1.165, 1.54) is 12.8 Å². The van der Waals surface area contributed by atoms with Crippen molar-refractivity contribution in [3.05, 3.63) is 0 Å². The molecule has 0 unspecified atom stereocenters.